The molecule has 0 bridgehead atoms. The molecule has 1 heterocycles. The van der Waals surface area contributed by atoms with Gasteiger partial charge in [0.25, 0.3) is 0 Å². The summed E-state index contributed by atoms with van der Waals surface area (Å²) in [7, 11) is 0. The highest BCUT2D eigenvalue weighted by atomic mass is 127. The summed E-state index contributed by atoms with van der Waals surface area (Å²) in [6.45, 7) is 0.413. The minimum absolute atomic E-state index is 0.258. The molecule has 92 valence electrons. The minimum atomic E-state index is -0.938. The average Bonchev–Trinajstić information content (AvgIpc) is 2.38. The van der Waals surface area contributed by atoms with Crippen molar-refractivity contribution in [1.82, 2.24) is 4.98 Å². The second kappa shape index (κ2) is 5.81. The number of carboxylic acids is 1. The van der Waals surface area contributed by atoms with Crippen molar-refractivity contribution in [3.8, 4) is 5.75 Å². The highest BCUT2D eigenvalue weighted by Gasteiger charge is 2.07. The molecule has 4 nitrogen and oxygen atoms in total. The standard InChI is InChI=1S/C13H10INO3/c14-11-6-10(13(16)17)3-4-12(11)18-8-9-2-1-5-15-7-9/h1-7H,8H2,(H,16,17). The summed E-state index contributed by atoms with van der Waals surface area (Å²) >= 11 is 2.06. The van der Waals surface area contributed by atoms with E-state index < -0.39 is 5.97 Å². The van der Waals surface area contributed by atoms with Gasteiger partial charge in [-0.3, -0.25) is 4.98 Å². The van der Waals surface area contributed by atoms with E-state index in [1.807, 2.05) is 12.1 Å². The van der Waals surface area contributed by atoms with Crippen molar-refractivity contribution in [3.05, 3.63) is 57.4 Å². The summed E-state index contributed by atoms with van der Waals surface area (Å²) in [5.41, 5.74) is 1.23. The molecule has 0 fully saturated rings. The van der Waals surface area contributed by atoms with E-state index in [0.29, 0.717) is 12.4 Å². The lowest BCUT2D eigenvalue weighted by molar-refractivity contribution is 0.0696. The van der Waals surface area contributed by atoms with Crippen LogP contribution in [0.5, 0.6) is 5.75 Å². The summed E-state index contributed by atoms with van der Waals surface area (Å²) < 4.78 is 6.39. The predicted molar refractivity (Wildman–Crippen MR) is 74.7 cm³/mol. The number of hydrogen-bond acceptors (Lipinski definition) is 3. The van der Waals surface area contributed by atoms with Gasteiger partial charge in [-0.1, -0.05) is 6.07 Å². The van der Waals surface area contributed by atoms with Crippen LogP contribution < -0.4 is 4.74 Å². The summed E-state index contributed by atoms with van der Waals surface area (Å²) in [5, 5.41) is 8.86. The van der Waals surface area contributed by atoms with E-state index in [1.165, 1.54) is 6.07 Å². The Hall–Kier alpha value is -1.63. The topological polar surface area (TPSA) is 59.4 Å². The fraction of sp³-hybridized carbons (Fsp3) is 0.0769. The highest BCUT2D eigenvalue weighted by molar-refractivity contribution is 14.1. The van der Waals surface area contributed by atoms with Crippen LogP contribution in [0.4, 0.5) is 0 Å². The first kappa shape index (κ1) is 12.8. The lowest BCUT2D eigenvalue weighted by Gasteiger charge is -2.08. The number of halogens is 1. The third-order valence-electron chi connectivity index (χ3n) is 2.30. The molecule has 0 atom stereocenters. The molecule has 1 aromatic heterocycles. The maximum atomic E-state index is 10.8. The van der Waals surface area contributed by atoms with E-state index in [1.54, 1.807) is 24.5 Å². The molecule has 0 unspecified atom stereocenters. The first-order chi connectivity index (χ1) is 8.66. The van der Waals surface area contributed by atoms with Crippen LogP contribution in [-0.2, 0) is 6.61 Å². The predicted octanol–water partition coefficient (Wildman–Crippen LogP) is 2.96. The Morgan fingerprint density at radius 2 is 2.22 bits per heavy atom. The van der Waals surface area contributed by atoms with E-state index in [2.05, 4.69) is 27.6 Å². The number of rotatable bonds is 4. The van der Waals surface area contributed by atoms with Gasteiger partial charge in [-0.2, -0.15) is 0 Å². The zero-order valence-electron chi connectivity index (χ0n) is 9.34. The van der Waals surface area contributed by atoms with Gasteiger partial charge < -0.3 is 9.84 Å². The first-order valence-corrected chi connectivity index (χ1v) is 6.29. The van der Waals surface area contributed by atoms with Crippen LogP contribution in [0.1, 0.15) is 15.9 Å². The Morgan fingerprint density at radius 1 is 1.39 bits per heavy atom. The summed E-state index contributed by atoms with van der Waals surface area (Å²) in [6, 6.07) is 8.55. The number of aromatic nitrogens is 1. The molecule has 0 spiro atoms. The van der Waals surface area contributed by atoms with Crippen LogP contribution in [0.2, 0.25) is 0 Å². The number of carbonyl (C=O) groups is 1. The van der Waals surface area contributed by atoms with Crippen molar-refractivity contribution in [1.29, 1.82) is 0 Å². The molecule has 0 amide bonds. The third-order valence-corrected chi connectivity index (χ3v) is 3.14. The van der Waals surface area contributed by atoms with Crippen molar-refractivity contribution in [2.75, 3.05) is 0 Å². The van der Waals surface area contributed by atoms with E-state index in [0.717, 1.165) is 9.13 Å². The van der Waals surface area contributed by atoms with Crippen molar-refractivity contribution in [2.45, 2.75) is 6.61 Å². The van der Waals surface area contributed by atoms with Gasteiger partial charge in [-0.15, -0.1) is 0 Å². The smallest absolute Gasteiger partial charge is 0.335 e. The van der Waals surface area contributed by atoms with Gasteiger partial charge >= 0.3 is 5.97 Å². The molecule has 0 radical (unpaired) electrons. The van der Waals surface area contributed by atoms with E-state index in [4.69, 9.17) is 9.84 Å². The molecular weight excluding hydrogens is 345 g/mol. The molecule has 2 aromatic rings. The Balaban J connectivity index is 2.08. The molecule has 0 saturated carbocycles. The third kappa shape index (κ3) is 3.19. The van der Waals surface area contributed by atoms with Crippen LogP contribution in [0.15, 0.2) is 42.7 Å². The van der Waals surface area contributed by atoms with Crippen molar-refractivity contribution < 1.29 is 14.6 Å². The van der Waals surface area contributed by atoms with Crippen LogP contribution >= 0.6 is 22.6 Å². The molecule has 0 aliphatic heterocycles. The Labute approximate surface area is 118 Å². The Kier molecular flexibility index (Phi) is 4.14. The van der Waals surface area contributed by atoms with Gasteiger partial charge in [0.2, 0.25) is 0 Å². The maximum absolute atomic E-state index is 10.8. The number of aromatic carboxylic acids is 1. The zero-order chi connectivity index (χ0) is 13.0. The molecule has 0 aliphatic rings. The highest BCUT2D eigenvalue weighted by Crippen LogP contribution is 2.23. The fourth-order valence-electron chi connectivity index (χ4n) is 1.40. The summed E-state index contributed by atoms with van der Waals surface area (Å²) in [6.07, 6.45) is 3.44. The van der Waals surface area contributed by atoms with Gasteiger partial charge in [0, 0.05) is 18.0 Å². The zero-order valence-corrected chi connectivity index (χ0v) is 11.5. The maximum Gasteiger partial charge on any atom is 0.335 e. The average molecular weight is 355 g/mol. The number of ether oxygens (including phenoxy) is 1. The quantitative estimate of drug-likeness (QED) is 0.857. The number of nitrogens with zero attached hydrogens (tertiary/aromatic N) is 1. The molecule has 0 saturated heterocycles. The molecule has 2 rings (SSSR count). The largest absolute Gasteiger partial charge is 0.488 e. The second-order valence-corrected chi connectivity index (χ2v) is 4.76. The second-order valence-electron chi connectivity index (χ2n) is 3.60. The van der Waals surface area contributed by atoms with Gasteiger partial charge in [-0.25, -0.2) is 4.79 Å². The van der Waals surface area contributed by atoms with Gasteiger partial charge in [0.05, 0.1) is 9.13 Å². The molecule has 1 aromatic carbocycles. The van der Waals surface area contributed by atoms with E-state index in [-0.39, 0.29) is 5.56 Å². The molecular formula is C13H10INO3. The molecule has 0 aliphatic carbocycles. The molecule has 5 heteroatoms. The van der Waals surface area contributed by atoms with Gasteiger partial charge in [-0.05, 0) is 46.9 Å². The number of hydrogen-bond donors (Lipinski definition) is 1. The van der Waals surface area contributed by atoms with Crippen molar-refractivity contribution >= 4 is 28.6 Å². The van der Waals surface area contributed by atoms with E-state index in [9.17, 15) is 4.79 Å². The SMILES string of the molecule is O=C(O)c1ccc(OCc2cccnc2)c(I)c1. The van der Waals surface area contributed by atoms with E-state index >= 15 is 0 Å². The number of pyridine rings is 1. The normalized spacial score (nSPS) is 10.1. The van der Waals surface area contributed by atoms with Crippen LogP contribution in [0, 0.1) is 3.57 Å². The summed E-state index contributed by atoms with van der Waals surface area (Å²) in [5.74, 6) is -0.267. The minimum Gasteiger partial charge on any atom is -0.488 e. The number of benzene rings is 1. The van der Waals surface area contributed by atoms with Crippen molar-refractivity contribution in [2.24, 2.45) is 0 Å². The lowest BCUT2D eigenvalue weighted by atomic mass is 10.2. The molecule has 1 N–H and O–H groups in total. The van der Waals surface area contributed by atoms with Crippen LogP contribution in [0.25, 0.3) is 0 Å². The van der Waals surface area contributed by atoms with Crippen LogP contribution in [0.3, 0.4) is 0 Å². The van der Waals surface area contributed by atoms with Gasteiger partial charge in [0.1, 0.15) is 12.4 Å². The lowest BCUT2D eigenvalue weighted by Crippen LogP contribution is -2.00. The van der Waals surface area contributed by atoms with Crippen molar-refractivity contribution in [3.63, 3.8) is 0 Å². The summed E-state index contributed by atoms with van der Waals surface area (Å²) in [4.78, 5) is 14.8. The number of carboxylic acid groups (broad SMARTS) is 1. The van der Waals surface area contributed by atoms with Crippen LogP contribution in [-0.4, -0.2) is 16.1 Å². The van der Waals surface area contributed by atoms with Gasteiger partial charge in [0.15, 0.2) is 0 Å². The Bertz CT molecular complexity index is 557. The Morgan fingerprint density at radius 3 is 2.83 bits per heavy atom. The first-order valence-electron chi connectivity index (χ1n) is 5.21. The molecule has 18 heavy (non-hydrogen) atoms. The monoisotopic (exact) mass is 355 g/mol. The fourth-order valence-corrected chi connectivity index (χ4v) is 2.07.